The number of anilines is 4. The van der Waals surface area contributed by atoms with Crippen molar-refractivity contribution in [3.8, 4) is 0 Å². The molecular formula is C25H23ClN6O. The van der Waals surface area contributed by atoms with Gasteiger partial charge in [-0.15, -0.1) is 0 Å². The minimum atomic E-state index is 0.564. The van der Waals surface area contributed by atoms with Crippen molar-refractivity contribution in [3.63, 3.8) is 0 Å². The lowest BCUT2D eigenvalue weighted by molar-refractivity contribution is 0.122. The molecule has 1 N–H and O–H groups in total. The van der Waals surface area contributed by atoms with E-state index in [0.29, 0.717) is 11.0 Å². The van der Waals surface area contributed by atoms with Gasteiger partial charge in [0.05, 0.1) is 19.8 Å². The predicted molar refractivity (Wildman–Crippen MR) is 134 cm³/mol. The van der Waals surface area contributed by atoms with Crippen molar-refractivity contribution in [3.05, 3.63) is 70.9 Å². The van der Waals surface area contributed by atoms with E-state index < -0.39 is 0 Å². The number of rotatable bonds is 4. The first kappa shape index (κ1) is 20.2. The molecule has 1 aromatic heterocycles. The monoisotopic (exact) mass is 458 g/mol. The van der Waals surface area contributed by atoms with Gasteiger partial charge in [0.15, 0.2) is 0 Å². The van der Waals surface area contributed by atoms with Crippen molar-refractivity contribution >= 4 is 52.2 Å². The first-order valence-electron chi connectivity index (χ1n) is 11.1. The molecule has 0 amide bonds. The largest absolute Gasteiger partial charge is 0.378 e. The van der Waals surface area contributed by atoms with Crippen molar-refractivity contribution in [2.24, 2.45) is 4.99 Å². The highest BCUT2D eigenvalue weighted by Gasteiger charge is 2.31. The van der Waals surface area contributed by atoms with Crippen LogP contribution in [0, 0.1) is 0 Å². The van der Waals surface area contributed by atoms with Crippen LogP contribution in [0.4, 0.5) is 23.1 Å². The number of aromatic nitrogens is 2. The maximum absolute atomic E-state index is 6.49. The van der Waals surface area contributed by atoms with Gasteiger partial charge in [-0.05, 0) is 30.3 Å². The quantitative estimate of drug-likeness (QED) is 0.621. The molecule has 2 aromatic carbocycles. The summed E-state index contributed by atoms with van der Waals surface area (Å²) in [5, 5.41) is 4.09. The summed E-state index contributed by atoms with van der Waals surface area (Å²) in [5.41, 5.74) is 5.06. The van der Waals surface area contributed by atoms with Gasteiger partial charge < -0.3 is 19.9 Å². The van der Waals surface area contributed by atoms with Crippen molar-refractivity contribution < 1.29 is 4.74 Å². The van der Waals surface area contributed by atoms with E-state index in [0.717, 1.165) is 73.4 Å². The van der Waals surface area contributed by atoms with Crippen molar-refractivity contribution in [2.45, 2.75) is 0 Å². The fourth-order valence-electron chi connectivity index (χ4n) is 4.47. The van der Waals surface area contributed by atoms with Gasteiger partial charge in [0, 0.05) is 58.9 Å². The summed E-state index contributed by atoms with van der Waals surface area (Å²) in [6.45, 7) is 4.83. The number of aliphatic imine (C=N–C) groups is 1. The Morgan fingerprint density at radius 1 is 1.00 bits per heavy atom. The molecule has 0 spiro atoms. The van der Waals surface area contributed by atoms with E-state index in [1.54, 1.807) is 0 Å². The second-order valence-electron chi connectivity index (χ2n) is 8.14. The van der Waals surface area contributed by atoms with Crippen LogP contribution in [0.3, 0.4) is 0 Å². The number of hydrogen-bond donors (Lipinski definition) is 1. The molecule has 1 saturated heterocycles. The van der Waals surface area contributed by atoms with E-state index in [-0.39, 0.29) is 0 Å². The summed E-state index contributed by atoms with van der Waals surface area (Å²) in [6.07, 6.45) is 3.95. The molecule has 0 aliphatic carbocycles. The summed E-state index contributed by atoms with van der Waals surface area (Å²) in [6, 6.07) is 16.2. The molecular weight excluding hydrogens is 436 g/mol. The van der Waals surface area contributed by atoms with E-state index in [2.05, 4.69) is 44.4 Å². The Balaban J connectivity index is 1.31. The number of fused-ring (bicyclic) bond motifs is 3. The van der Waals surface area contributed by atoms with Crippen molar-refractivity contribution in [1.29, 1.82) is 0 Å². The zero-order valence-electron chi connectivity index (χ0n) is 18.0. The highest BCUT2D eigenvalue weighted by Crippen LogP contribution is 2.37. The molecule has 0 atom stereocenters. The lowest BCUT2D eigenvalue weighted by atomic mass is 9.98. The van der Waals surface area contributed by atoms with Crippen molar-refractivity contribution in [1.82, 2.24) is 9.97 Å². The average Bonchev–Trinajstić information content (AvgIpc) is 3.35. The normalized spacial score (nSPS) is 17.2. The fraction of sp³-hybridized carbons (Fsp3) is 0.240. The molecule has 0 bridgehead atoms. The SMILES string of the molecule is Clc1ccccc1C1=Cc2cnc(Nc3cccc(N4CCOCC4)c3)nc2N2CCN=C12. The molecule has 166 valence electrons. The molecule has 3 aliphatic heterocycles. The number of benzene rings is 2. The molecule has 0 radical (unpaired) electrons. The Labute approximate surface area is 197 Å². The summed E-state index contributed by atoms with van der Waals surface area (Å²) in [4.78, 5) is 18.7. The average molecular weight is 459 g/mol. The third-order valence-corrected chi connectivity index (χ3v) is 6.41. The van der Waals surface area contributed by atoms with E-state index >= 15 is 0 Å². The molecule has 4 heterocycles. The number of amidine groups is 1. The second-order valence-corrected chi connectivity index (χ2v) is 8.55. The number of morpholine rings is 1. The maximum Gasteiger partial charge on any atom is 0.229 e. The zero-order chi connectivity index (χ0) is 22.2. The minimum absolute atomic E-state index is 0.564. The van der Waals surface area contributed by atoms with Gasteiger partial charge in [-0.25, -0.2) is 4.98 Å². The van der Waals surface area contributed by atoms with Crippen LogP contribution in [0.1, 0.15) is 11.1 Å². The Kier molecular flexibility index (Phi) is 5.20. The van der Waals surface area contributed by atoms with Gasteiger partial charge in [-0.2, -0.15) is 4.98 Å². The lowest BCUT2D eigenvalue weighted by Gasteiger charge is -2.29. The van der Waals surface area contributed by atoms with E-state index in [4.69, 9.17) is 26.3 Å². The van der Waals surface area contributed by atoms with Crippen LogP contribution in [-0.2, 0) is 4.74 Å². The van der Waals surface area contributed by atoms with Gasteiger partial charge in [-0.1, -0.05) is 35.9 Å². The van der Waals surface area contributed by atoms with Crippen LogP contribution in [0.15, 0.2) is 59.7 Å². The summed E-state index contributed by atoms with van der Waals surface area (Å²) >= 11 is 6.49. The first-order valence-corrected chi connectivity index (χ1v) is 11.5. The predicted octanol–water partition coefficient (Wildman–Crippen LogP) is 4.48. The van der Waals surface area contributed by atoms with Crippen LogP contribution in [0.25, 0.3) is 11.6 Å². The number of nitrogens with one attached hydrogen (secondary N) is 1. The molecule has 33 heavy (non-hydrogen) atoms. The Morgan fingerprint density at radius 2 is 1.88 bits per heavy atom. The number of nitrogens with zero attached hydrogens (tertiary/aromatic N) is 5. The molecule has 0 saturated carbocycles. The third-order valence-electron chi connectivity index (χ3n) is 6.08. The topological polar surface area (TPSA) is 65.9 Å². The number of ether oxygens (including phenoxy) is 1. The van der Waals surface area contributed by atoms with E-state index in [9.17, 15) is 0 Å². The van der Waals surface area contributed by atoms with Crippen LogP contribution in [0.5, 0.6) is 0 Å². The minimum Gasteiger partial charge on any atom is -0.378 e. The first-order chi connectivity index (χ1) is 16.3. The fourth-order valence-corrected chi connectivity index (χ4v) is 4.71. The molecule has 8 heteroatoms. The summed E-state index contributed by atoms with van der Waals surface area (Å²) in [5.74, 6) is 2.34. The van der Waals surface area contributed by atoms with Gasteiger partial charge in [-0.3, -0.25) is 4.99 Å². The molecule has 3 aromatic rings. The second kappa shape index (κ2) is 8.50. The molecule has 1 fully saturated rings. The van der Waals surface area contributed by atoms with Gasteiger partial charge in [0.25, 0.3) is 0 Å². The van der Waals surface area contributed by atoms with E-state index in [1.165, 1.54) is 5.69 Å². The Hall–Kier alpha value is -3.42. The van der Waals surface area contributed by atoms with Crippen molar-refractivity contribution in [2.75, 3.05) is 54.5 Å². The Bertz CT molecular complexity index is 1270. The molecule has 0 unspecified atom stereocenters. The third kappa shape index (κ3) is 3.83. The zero-order valence-corrected chi connectivity index (χ0v) is 18.8. The van der Waals surface area contributed by atoms with Crippen LogP contribution < -0.4 is 15.1 Å². The smallest absolute Gasteiger partial charge is 0.229 e. The summed E-state index contributed by atoms with van der Waals surface area (Å²) < 4.78 is 5.47. The number of halogens is 1. The highest BCUT2D eigenvalue weighted by molar-refractivity contribution is 6.40. The molecule has 3 aliphatic rings. The van der Waals surface area contributed by atoms with Crippen LogP contribution in [0.2, 0.25) is 5.02 Å². The van der Waals surface area contributed by atoms with Gasteiger partial charge in [0.2, 0.25) is 5.95 Å². The van der Waals surface area contributed by atoms with Gasteiger partial charge >= 0.3 is 0 Å². The maximum atomic E-state index is 6.49. The molecule has 6 rings (SSSR count). The van der Waals surface area contributed by atoms with Crippen LogP contribution >= 0.6 is 11.6 Å². The standard InChI is InChI=1S/C25H23ClN6O/c26-22-7-2-1-6-20(22)21-14-17-16-28-25(30-23(17)32-9-8-27-24(21)32)29-18-4-3-5-19(15-18)31-10-12-33-13-11-31/h1-7,14-16H,8-13H2,(H,28,29,30). The van der Waals surface area contributed by atoms with Gasteiger partial charge in [0.1, 0.15) is 11.7 Å². The van der Waals surface area contributed by atoms with Crippen LogP contribution in [-0.4, -0.2) is 55.2 Å². The molecule has 7 nitrogen and oxygen atoms in total. The van der Waals surface area contributed by atoms with E-state index in [1.807, 2.05) is 36.5 Å². The number of hydrogen-bond acceptors (Lipinski definition) is 7. The highest BCUT2D eigenvalue weighted by atomic mass is 35.5. The summed E-state index contributed by atoms with van der Waals surface area (Å²) in [7, 11) is 0. The Morgan fingerprint density at radius 3 is 2.76 bits per heavy atom. The lowest BCUT2D eigenvalue weighted by Crippen LogP contribution is -2.36.